The fourth-order valence-corrected chi connectivity index (χ4v) is 3.98. The third kappa shape index (κ3) is 5.09. The minimum Gasteiger partial charge on any atom is -0.490 e. The van der Waals surface area contributed by atoms with Crippen LogP contribution in [0.3, 0.4) is 0 Å². The van der Waals surface area contributed by atoms with Gasteiger partial charge in [-0.05, 0) is 66.1 Å². The van der Waals surface area contributed by atoms with Gasteiger partial charge in [0.15, 0.2) is 17.2 Å². The second kappa shape index (κ2) is 9.85. The average molecular weight is 464 g/mol. The first-order valence-electron chi connectivity index (χ1n) is 11.6. The van der Waals surface area contributed by atoms with Crippen LogP contribution in [0, 0.1) is 6.92 Å². The van der Waals surface area contributed by atoms with E-state index in [1.165, 1.54) is 5.56 Å². The van der Waals surface area contributed by atoms with Crippen molar-refractivity contribution < 1.29 is 19.0 Å². The predicted molar refractivity (Wildman–Crippen MR) is 138 cm³/mol. The summed E-state index contributed by atoms with van der Waals surface area (Å²) in [6.45, 7) is 4.91. The number of carbonyl (C=O) groups is 1. The number of aryl methyl sites for hydroxylation is 1. The summed E-state index contributed by atoms with van der Waals surface area (Å²) < 4.78 is 17.3. The summed E-state index contributed by atoms with van der Waals surface area (Å²) >= 11 is 0. The van der Waals surface area contributed by atoms with Crippen LogP contribution in [0.4, 0.5) is 0 Å². The molecule has 1 aliphatic heterocycles. The topological polar surface area (TPSA) is 57.1 Å². The van der Waals surface area contributed by atoms with Gasteiger partial charge in [0.05, 0.1) is 6.61 Å². The lowest BCUT2D eigenvalue weighted by Gasteiger charge is -2.13. The highest BCUT2D eigenvalue weighted by Gasteiger charge is 2.24. The minimum atomic E-state index is -0.481. The first kappa shape index (κ1) is 22.4. The minimum absolute atomic E-state index is 0.240. The Kier molecular flexibility index (Phi) is 6.31. The van der Waals surface area contributed by atoms with Crippen molar-refractivity contribution in [2.75, 3.05) is 6.61 Å². The Morgan fingerprint density at radius 1 is 0.857 bits per heavy atom. The largest absolute Gasteiger partial charge is 0.490 e. The molecule has 174 valence electrons. The molecule has 1 heterocycles. The highest BCUT2D eigenvalue weighted by Crippen LogP contribution is 2.31. The summed E-state index contributed by atoms with van der Waals surface area (Å²) in [5.41, 5.74) is 4.04. The second-order valence-corrected chi connectivity index (χ2v) is 8.31. The third-order valence-corrected chi connectivity index (χ3v) is 5.66. The predicted octanol–water partition coefficient (Wildman–Crippen LogP) is 6.47. The smallest absolute Gasteiger partial charge is 0.363 e. The molecule has 4 aromatic carbocycles. The van der Waals surface area contributed by atoms with Gasteiger partial charge in [0.2, 0.25) is 5.90 Å². The number of nitrogens with zero attached hydrogens (tertiary/aromatic N) is 1. The van der Waals surface area contributed by atoms with Crippen molar-refractivity contribution in [3.05, 3.63) is 113 Å². The highest BCUT2D eigenvalue weighted by atomic mass is 16.6. The molecule has 1 aliphatic rings. The van der Waals surface area contributed by atoms with Gasteiger partial charge in [-0.3, -0.25) is 0 Å². The molecule has 35 heavy (non-hydrogen) atoms. The van der Waals surface area contributed by atoms with Crippen molar-refractivity contribution in [2.24, 2.45) is 4.99 Å². The van der Waals surface area contributed by atoms with Crippen LogP contribution < -0.4 is 9.47 Å². The fourth-order valence-electron chi connectivity index (χ4n) is 3.98. The average Bonchev–Trinajstić information content (AvgIpc) is 3.23. The Morgan fingerprint density at radius 2 is 1.71 bits per heavy atom. The molecule has 0 N–H and O–H groups in total. The van der Waals surface area contributed by atoms with Crippen LogP contribution in [-0.4, -0.2) is 18.5 Å². The molecule has 5 nitrogen and oxygen atoms in total. The summed E-state index contributed by atoms with van der Waals surface area (Å²) in [5.74, 6) is 1.07. The van der Waals surface area contributed by atoms with Gasteiger partial charge in [-0.1, -0.05) is 66.2 Å². The Bertz CT molecular complexity index is 1470. The fraction of sp³-hybridized carbons (Fsp3) is 0.133. The van der Waals surface area contributed by atoms with Crippen LogP contribution in [0.15, 0.2) is 95.6 Å². The van der Waals surface area contributed by atoms with Crippen LogP contribution >= 0.6 is 0 Å². The number of aliphatic imine (C=N–C) groups is 1. The lowest BCUT2D eigenvalue weighted by Crippen LogP contribution is -2.05. The van der Waals surface area contributed by atoms with Crippen LogP contribution in [0.25, 0.3) is 16.8 Å². The summed E-state index contributed by atoms with van der Waals surface area (Å²) in [4.78, 5) is 17.0. The van der Waals surface area contributed by atoms with Gasteiger partial charge in [0.1, 0.15) is 6.61 Å². The molecule has 0 atom stereocenters. The zero-order valence-corrected chi connectivity index (χ0v) is 19.7. The highest BCUT2D eigenvalue weighted by molar-refractivity contribution is 6.13. The van der Waals surface area contributed by atoms with Crippen LogP contribution in [0.1, 0.15) is 29.2 Å². The number of esters is 1. The number of ether oxygens (including phenoxy) is 3. The number of rotatable bonds is 7. The van der Waals surface area contributed by atoms with E-state index in [1.807, 2.05) is 79.7 Å². The summed E-state index contributed by atoms with van der Waals surface area (Å²) in [6.07, 6.45) is 1.70. The zero-order valence-electron chi connectivity index (χ0n) is 19.7. The molecule has 0 unspecified atom stereocenters. The molecule has 0 aliphatic carbocycles. The molecule has 5 heteroatoms. The van der Waals surface area contributed by atoms with E-state index in [1.54, 1.807) is 6.08 Å². The Morgan fingerprint density at radius 3 is 2.54 bits per heavy atom. The normalized spacial score (nSPS) is 14.2. The van der Waals surface area contributed by atoms with Crippen molar-refractivity contribution in [3.8, 4) is 11.5 Å². The number of benzene rings is 4. The molecule has 4 aromatic rings. The maximum Gasteiger partial charge on any atom is 0.363 e. The first-order chi connectivity index (χ1) is 17.1. The van der Waals surface area contributed by atoms with Crippen molar-refractivity contribution in [3.63, 3.8) is 0 Å². The zero-order chi connectivity index (χ0) is 24.2. The third-order valence-electron chi connectivity index (χ3n) is 5.66. The molecule has 0 bridgehead atoms. The number of cyclic esters (lactones) is 1. The number of hydrogen-bond donors (Lipinski definition) is 0. The standard InChI is InChI=1S/C30H25NO4/c1-3-33-28-17-21(11-14-27(28)34-19-22-8-6-7-20(2)15-22)16-26-30(32)35-29(31-26)25-13-12-23-9-4-5-10-24(23)18-25/h4-18H,3,19H2,1-2H3/b26-16-. The number of carbonyl (C=O) groups excluding carboxylic acids is 1. The quantitative estimate of drug-likeness (QED) is 0.233. The molecule has 0 saturated heterocycles. The van der Waals surface area contributed by atoms with Crippen molar-refractivity contribution in [2.45, 2.75) is 20.5 Å². The molecule has 0 fully saturated rings. The molecule has 0 saturated carbocycles. The second-order valence-electron chi connectivity index (χ2n) is 8.31. The molecule has 5 rings (SSSR count). The monoisotopic (exact) mass is 463 g/mol. The van der Waals surface area contributed by atoms with E-state index in [0.717, 1.165) is 27.5 Å². The van der Waals surface area contributed by atoms with Crippen LogP contribution in [0.2, 0.25) is 0 Å². The van der Waals surface area contributed by atoms with Crippen LogP contribution in [0.5, 0.6) is 11.5 Å². The maximum atomic E-state index is 12.5. The van der Waals surface area contributed by atoms with Gasteiger partial charge in [-0.25, -0.2) is 9.79 Å². The molecule has 0 aromatic heterocycles. The van der Waals surface area contributed by atoms with Crippen molar-refractivity contribution >= 4 is 28.7 Å². The van der Waals surface area contributed by atoms with E-state index < -0.39 is 5.97 Å². The van der Waals surface area contributed by atoms with Gasteiger partial charge in [0, 0.05) is 5.56 Å². The molecule has 0 radical (unpaired) electrons. The molecular weight excluding hydrogens is 438 g/mol. The van der Waals surface area contributed by atoms with E-state index in [2.05, 4.69) is 24.0 Å². The molecule has 0 spiro atoms. The SMILES string of the molecule is CCOc1cc(/C=C2\N=C(c3ccc4ccccc4c3)OC2=O)ccc1OCc1cccc(C)c1. The van der Waals surface area contributed by atoms with Crippen molar-refractivity contribution in [1.82, 2.24) is 0 Å². The van der Waals surface area contributed by atoms with E-state index in [-0.39, 0.29) is 5.70 Å². The van der Waals surface area contributed by atoms with Gasteiger partial charge in [-0.15, -0.1) is 0 Å². The van der Waals surface area contributed by atoms with Gasteiger partial charge in [0.25, 0.3) is 0 Å². The Labute approximate surface area is 204 Å². The van der Waals surface area contributed by atoms with Gasteiger partial charge < -0.3 is 14.2 Å². The molecule has 0 amide bonds. The summed E-state index contributed by atoms with van der Waals surface area (Å²) in [6, 6.07) is 27.7. The number of hydrogen-bond acceptors (Lipinski definition) is 5. The van der Waals surface area contributed by atoms with Gasteiger partial charge in [-0.2, -0.15) is 0 Å². The van der Waals surface area contributed by atoms with E-state index in [9.17, 15) is 4.79 Å². The summed E-state index contributed by atoms with van der Waals surface area (Å²) in [7, 11) is 0. The lowest BCUT2D eigenvalue weighted by molar-refractivity contribution is -0.129. The Balaban J connectivity index is 1.39. The first-order valence-corrected chi connectivity index (χ1v) is 11.6. The maximum absolute atomic E-state index is 12.5. The van der Waals surface area contributed by atoms with E-state index in [0.29, 0.717) is 30.6 Å². The summed E-state index contributed by atoms with van der Waals surface area (Å²) in [5, 5.41) is 2.17. The molecular formula is C30H25NO4. The lowest BCUT2D eigenvalue weighted by atomic mass is 10.1. The van der Waals surface area contributed by atoms with Crippen LogP contribution in [-0.2, 0) is 16.1 Å². The van der Waals surface area contributed by atoms with E-state index >= 15 is 0 Å². The van der Waals surface area contributed by atoms with Gasteiger partial charge >= 0.3 is 5.97 Å². The van der Waals surface area contributed by atoms with E-state index in [4.69, 9.17) is 14.2 Å². The van der Waals surface area contributed by atoms with Crippen molar-refractivity contribution in [1.29, 1.82) is 0 Å². The Hall–Kier alpha value is -4.38. The number of fused-ring (bicyclic) bond motifs is 1.